The Balaban J connectivity index is 1.63. The van der Waals surface area contributed by atoms with Crippen LogP contribution in [0.15, 0.2) is 42.6 Å². The number of nitrogen functional groups attached to an aromatic ring is 1. The van der Waals surface area contributed by atoms with Gasteiger partial charge in [0.1, 0.15) is 28.7 Å². The minimum atomic E-state index is -1.14. The quantitative estimate of drug-likeness (QED) is 0.418. The maximum absolute atomic E-state index is 15.1. The second-order valence-corrected chi connectivity index (χ2v) is 10.1. The molecule has 2 heterocycles. The fraction of sp³-hybridized carbons (Fsp3) is 0.320. The van der Waals surface area contributed by atoms with Crippen LogP contribution in [0.5, 0.6) is 0 Å². The van der Waals surface area contributed by atoms with Crippen LogP contribution in [-0.4, -0.2) is 45.9 Å². The van der Waals surface area contributed by atoms with E-state index in [4.69, 9.17) is 26.6 Å². The van der Waals surface area contributed by atoms with Gasteiger partial charge in [0.2, 0.25) is 0 Å². The van der Waals surface area contributed by atoms with Crippen LogP contribution >= 0.6 is 11.6 Å². The fourth-order valence-electron chi connectivity index (χ4n) is 3.82. The minimum absolute atomic E-state index is 0.00383. The maximum Gasteiger partial charge on any atom is 0.516 e. The summed E-state index contributed by atoms with van der Waals surface area (Å²) in [6, 6.07) is 7.37. The van der Waals surface area contributed by atoms with Crippen molar-refractivity contribution < 1.29 is 28.0 Å². The first-order chi connectivity index (χ1) is 17.3. The SMILES string of the molecule is CC1(C)OB(c2cnc(N)c(-c3cc(F)c(C(=O)N[C@H](CO)c4cccc(Cl)c4)c(F)c3)n2)OC1(C)C. The zero-order valence-electron chi connectivity index (χ0n) is 20.7. The lowest BCUT2D eigenvalue weighted by molar-refractivity contribution is 0.00578. The summed E-state index contributed by atoms with van der Waals surface area (Å²) in [5.74, 6) is -3.40. The fourth-order valence-corrected chi connectivity index (χ4v) is 4.02. The second-order valence-electron chi connectivity index (χ2n) is 9.70. The Morgan fingerprint density at radius 2 is 1.78 bits per heavy atom. The van der Waals surface area contributed by atoms with E-state index in [9.17, 15) is 9.90 Å². The number of amides is 1. The second kappa shape index (κ2) is 9.98. The Labute approximate surface area is 218 Å². The van der Waals surface area contributed by atoms with Gasteiger partial charge in [0.15, 0.2) is 0 Å². The van der Waals surface area contributed by atoms with Crippen molar-refractivity contribution in [2.45, 2.75) is 44.9 Å². The number of hydrogen-bond donors (Lipinski definition) is 3. The molecular formula is C25H26BClF2N4O4. The Kier molecular flexibility index (Phi) is 7.26. The lowest BCUT2D eigenvalue weighted by Gasteiger charge is -2.32. The van der Waals surface area contributed by atoms with E-state index in [1.807, 2.05) is 27.7 Å². The number of anilines is 1. The van der Waals surface area contributed by atoms with Gasteiger partial charge in [-0.15, -0.1) is 0 Å². The first-order valence-electron chi connectivity index (χ1n) is 11.5. The molecule has 8 nitrogen and oxygen atoms in total. The summed E-state index contributed by atoms with van der Waals surface area (Å²) >= 11 is 5.97. The monoisotopic (exact) mass is 530 g/mol. The molecule has 1 aliphatic heterocycles. The molecule has 1 amide bonds. The summed E-state index contributed by atoms with van der Waals surface area (Å²) in [6.07, 6.45) is 1.38. The molecule has 1 fully saturated rings. The number of benzene rings is 2. The molecule has 12 heteroatoms. The van der Waals surface area contributed by atoms with E-state index < -0.39 is 54.1 Å². The van der Waals surface area contributed by atoms with Crippen LogP contribution < -0.4 is 16.6 Å². The van der Waals surface area contributed by atoms with Crippen molar-refractivity contribution in [1.29, 1.82) is 0 Å². The highest BCUT2D eigenvalue weighted by molar-refractivity contribution is 6.61. The van der Waals surface area contributed by atoms with Crippen LogP contribution in [-0.2, 0) is 9.31 Å². The van der Waals surface area contributed by atoms with Gasteiger partial charge in [0, 0.05) is 16.8 Å². The Bertz CT molecular complexity index is 1320. The number of nitrogens with zero attached hydrogens (tertiary/aromatic N) is 2. The van der Waals surface area contributed by atoms with Crippen molar-refractivity contribution in [3.05, 3.63) is 70.4 Å². The zero-order valence-corrected chi connectivity index (χ0v) is 21.4. The van der Waals surface area contributed by atoms with Crippen molar-refractivity contribution >= 4 is 36.0 Å². The lowest BCUT2D eigenvalue weighted by Crippen LogP contribution is -2.41. The van der Waals surface area contributed by atoms with Gasteiger partial charge in [-0.25, -0.2) is 13.8 Å². The predicted molar refractivity (Wildman–Crippen MR) is 136 cm³/mol. The van der Waals surface area contributed by atoms with Gasteiger partial charge in [-0.2, -0.15) is 0 Å². The van der Waals surface area contributed by atoms with E-state index in [2.05, 4.69) is 15.3 Å². The predicted octanol–water partition coefficient (Wildman–Crippen LogP) is 3.42. The molecule has 194 valence electrons. The maximum atomic E-state index is 15.1. The highest BCUT2D eigenvalue weighted by Crippen LogP contribution is 2.36. The van der Waals surface area contributed by atoms with Gasteiger partial charge >= 0.3 is 7.12 Å². The number of carbonyl (C=O) groups is 1. The van der Waals surface area contributed by atoms with Crippen LogP contribution in [0.25, 0.3) is 11.3 Å². The normalized spacial score (nSPS) is 17.0. The standard InChI is InChI=1S/C25H26BClF2N4O4/c1-24(2)25(3,4)37-26(36-24)19-11-31-22(30)21(33-19)14-9-16(28)20(17(29)10-14)23(35)32-18(12-34)13-6-5-7-15(27)8-13/h5-11,18,34H,12H2,1-4H3,(H2,30,31)(H,32,35)/t18-/m1/s1. The van der Waals surface area contributed by atoms with Gasteiger partial charge in [-0.3, -0.25) is 9.78 Å². The molecule has 4 N–H and O–H groups in total. The van der Waals surface area contributed by atoms with Crippen LogP contribution in [0.4, 0.5) is 14.6 Å². The first-order valence-corrected chi connectivity index (χ1v) is 11.9. The van der Waals surface area contributed by atoms with Crippen molar-refractivity contribution in [1.82, 2.24) is 15.3 Å². The largest absolute Gasteiger partial charge is 0.516 e. The molecule has 1 atom stereocenters. The molecule has 2 aromatic carbocycles. The molecule has 1 saturated heterocycles. The highest BCUT2D eigenvalue weighted by Gasteiger charge is 2.52. The van der Waals surface area contributed by atoms with E-state index in [1.165, 1.54) is 12.3 Å². The Hall–Kier alpha value is -3.12. The minimum Gasteiger partial charge on any atom is -0.398 e. The van der Waals surface area contributed by atoms with Crippen molar-refractivity contribution in [3.8, 4) is 11.3 Å². The summed E-state index contributed by atoms with van der Waals surface area (Å²) in [7, 11) is -0.863. The topological polar surface area (TPSA) is 120 Å². The molecule has 1 aromatic heterocycles. The van der Waals surface area contributed by atoms with E-state index >= 15 is 8.78 Å². The number of rotatable bonds is 6. The van der Waals surface area contributed by atoms with Crippen molar-refractivity contribution in [3.63, 3.8) is 0 Å². The smallest absolute Gasteiger partial charge is 0.398 e. The average molecular weight is 531 g/mol. The summed E-state index contributed by atoms with van der Waals surface area (Å²) in [6.45, 7) is 6.99. The number of halogens is 3. The van der Waals surface area contributed by atoms with Gasteiger partial charge < -0.3 is 25.5 Å². The molecule has 0 aliphatic carbocycles. The van der Waals surface area contributed by atoms with Gasteiger partial charge in [0.25, 0.3) is 5.91 Å². The van der Waals surface area contributed by atoms with Gasteiger partial charge in [-0.05, 0) is 57.5 Å². The number of nitrogens with one attached hydrogen (secondary N) is 1. The van der Waals surface area contributed by atoms with Crippen molar-refractivity contribution in [2.75, 3.05) is 12.3 Å². The van der Waals surface area contributed by atoms with Crippen molar-refractivity contribution in [2.24, 2.45) is 0 Å². The Morgan fingerprint density at radius 3 is 2.35 bits per heavy atom. The van der Waals surface area contributed by atoms with E-state index in [-0.39, 0.29) is 22.7 Å². The third-order valence-electron chi connectivity index (χ3n) is 6.60. The molecule has 0 spiro atoms. The lowest BCUT2D eigenvalue weighted by atomic mass is 9.85. The number of hydrogen-bond acceptors (Lipinski definition) is 7. The summed E-state index contributed by atoms with van der Waals surface area (Å²) < 4.78 is 42.1. The van der Waals surface area contributed by atoms with Gasteiger partial charge in [-0.1, -0.05) is 23.7 Å². The number of aliphatic hydroxyl groups is 1. The molecule has 0 unspecified atom stereocenters. The van der Waals surface area contributed by atoms with Crippen LogP contribution in [0.2, 0.25) is 5.02 Å². The average Bonchev–Trinajstić information content (AvgIpc) is 3.03. The summed E-state index contributed by atoms with van der Waals surface area (Å²) in [4.78, 5) is 21.3. The Morgan fingerprint density at radius 1 is 1.16 bits per heavy atom. The van der Waals surface area contributed by atoms with E-state index in [0.29, 0.717) is 10.6 Å². The third-order valence-corrected chi connectivity index (χ3v) is 6.83. The van der Waals surface area contributed by atoms with Gasteiger partial charge in [0.05, 0.1) is 29.4 Å². The molecule has 4 rings (SSSR count). The molecule has 0 radical (unpaired) electrons. The molecule has 3 aromatic rings. The molecule has 0 bridgehead atoms. The zero-order chi connectivity index (χ0) is 27.1. The molecule has 37 heavy (non-hydrogen) atoms. The first kappa shape index (κ1) is 26.9. The number of aromatic nitrogens is 2. The van der Waals surface area contributed by atoms with Crippen LogP contribution in [0.3, 0.4) is 0 Å². The summed E-state index contributed by atoms with van der Waals surface area (Å²) in [5.41, 5.74) is 4.61. The summed E-state index contributed by atoms with van der Waals surface area (Å²) in [5, 5.41) is 12.5. The number of aliphatic hydroxyl groups excluding tert-OH is 1. The molecular weight excluding hydrogens is 505 g/mol. The highest BCUT2D eigenvalue weighted by atomic mass is 35.5. The van der Waals surface area contributed by atoms with Crippen LogP contribution in [0.1, 0.15) is 49.7 Å². The van der Waals surface area contributed by atoms with E-state index in [1.54, 1.807) is 18.2 Å². The third kappa shape index (κ3) is 5.31. The molecule has 0 saturated carbocycles. The van der Waals surface area contributed by atoms with E-state index in [0.717, 1.165) is 12.1 Å². The van der Waals surface area contributed by atoms with Crippen LogP contribution in [0, 0.1) is 11.6 Å². The number of carbonyl (C=O) groups excluding carboxylic acids is 1. The molecule has 1 aliphatic rings. The number of nitrogens with two attached hydrogens (primary N) is 1.